The molecule has 0 N–H and O–H groups in total. The van der Waals surface area contributed by atoms with Crippen molar-refractivity contribution in [2.24, 2.45) is 0 Å². The molecule has 0 fully saturated rings. The van der Waals surface area contributed by atoms with Gasteiger partial charge in [-0.1, -0.05) is 17.7 Å². The van der Waals surface area contributed by atoms with E-state index in [1.807, 2.05) is 0 Å². The molecule has 0 saturated heterocycles. The van der Waals surface area contributed by atoms with Gasteiger partial charge in [0, 0.05) is 18.9 Å². The fraction of sp³-hybridized carbons (Fsp3) is 0.267. The summed E-state index contributed by atoms with van der Waals surface area (Å²) < 4.78 is 71.2. The lowest BCUT2D eigenvalue weighted by Gasteiger charge is -2.25. The van der Waals surface area contributed by atoms with Crippen molar-refractivity contribution in [3.05, 3.63) is 46.6 Å². The van der Waals surface area contributed by atoms with E-state index in [0.29, 0.717) is 11.7 Å². The number of halogens is 4. The summed E-state index contributed by atoms with van der Waals surface area (Å²) in [5, 5.41) is 0.182. The molecule has 1 aromatic carbocycles. The van der Waals surface area contributed by atoms with Crippen LogP contribution in [0.1, 0.15) is 11.1 Å². The van der Waals surface area contributed by atoms with Crippen molar-refractivity contribution in [3.8, 4) is 0 Å². The number of nitrogens with zero attached hydrogens (tertiary/aromatic N) is 2. The second-order valence-electron chi connectivity index (χ2n) is 5.50. The first-order valence-corrected chi connectivity index (χ1v) is 9.12. The largest absolute Gasteiger partial charge is 0.416 e. The molecule has 0 spiro atoms. The summed E-state index contributed by atoms with van der Waals surface area (Å²) in [6, 6.07) is 4.21. The van der Waals surface area contributed by atoms with Crippen molar-refractivity contribution in [3.63, 3.8) is 0 Å². The molecule has 0 saturated carbocycles. The van der Waals surface area contributed by atoms with Gasteiger partial charge >= 0.3 is 6.18 Å². The van der Waals surface area contributed by atoms with Gasteiger partial charge in [0.1, 0.15) is 6.73 Å². The molecule has 5 nitrogen and oxygen atoms in total. The van der Waals surface area contributed by atoms with Gasteiger partial charge in [0.25, 0.3) is 10.0 Å². The molecule has 0 unspecified atom stereocenters. The van der Waals surface area contributed by atoms with Crippen molar-refractivity contribution in [2.75, 3.05) is 18.1 Å². The zero-order valence-corrected chi connectivity index (χ0v) is 15.7. The molecule has 0 aliphatic carbocycles. The molecular weight excluding hydrogens is 392 g/mol. The number of hydrogen-bond donors (Lipinski definition) is 0. The Morgan fingerprint density at radius 3 is 2.54 bits per heavy atom. The summed E-state index contributed by atoms with van der Waals surface area (Å²) in [4.78, 5) is 3.48. The van der Waals surface area contributed by atoms with Crippen LogP contribution >= 0.6 is 11.6 Å². The number of hydrogen-bond acceptors (Lipinski definition) is 4. The van der Waals surface area contributed by atoms with E-state index in [4.69, 9.17) is 16.3 Å². The molecule has 0 aliphatic heterocycles. The summed E-state index contributed by atoms with van der Waals surface area (Å²) in [5.41, 5.74) is -0.640. The number of alkyl halides is 3. The maximum atomic E-state index is 13.1. The monoisotopic (exact) mass is 406 g/mol. The van der Waals surface area contributed by atoms with Gasteiger partial charge in [-0.05, 0) is 30.7 Å². The molecule has 2 rings (SSSR count). The average Bonchev–Trinajstić information content (AvgIpc) is 2.54. The fourth-order valence-corrected chi connectivity index (χ4v) is 3.93. The van der Waals surface area contributed by atoms with Crippen LogP contribution < -0.4 is 9.90 Å². The van der Waals surface area contributed by atoms with Gasteiger partial charge in [0.05, 0.1) is 21.2 Å². The minimum atomic E-state index is -4.67. The van der Waals surface area contributed by atoms with Crippen LogP contribution in [0.3, 0.4) is 0 Å². The standard InChI is InChI=1S/C15H15BClF3N2O3S/c1-9-3-4-11(6-12(9)15(18,19)20)26(23,24)22(8-25-2)13-5-10(17)7-21-14(13)16/h3-7H,8,16H2,1-2H3. The highest BCUT2D eigenvalue weighted by atomic mass is 35.5. The first-order valence-electron chi connectivity index (χ1n) is 7.30. The normalized spacial score (nSPS) is 12.2. The van der Waals surface area contributed by atoms with Crippen LogP contribution in [0.25, 0.3) is 0 Å². The van der Waals surface area contributed by atoms with Gasteiger partial charge < -0.3 is 4.74 Å². The number of methoxy groups -OCH3 is 1. The molecule has 0 aliphatic rings. The lowest BCUT2D eigenvalue weighted by atomic mass is 10.0. The van der Waals surface area contributed by atoms with Crippen molar-refractivity contribution in [1.82, 2.24) is 4.98 Å². The van der Waals surface area contributed by atoms with Crippen LogP contribution in [0.15, 0.2) is 35.4 Å². The molecule has 140 valence electrons. The van der Waals surface area contributed by atoms with Crippen LogP contribution in [0.5, 0.6) is 0 Å². The smallest absolute Gasteiger partial charge is 0.363 e. The van der Waals surface area contributed by atoms with Gasteiger partial charge in [-0.25, -0.2) is 12.7 Å². The summed E-state index contributed by atoms with van der Waals surface area (Å²) in [6.07, 6.45) is -3.33. The van der Waals surface area contributed by atoms with Crippen molar-refractivity contribution >= 4 is 40.8 Å². The number of sulfonamides is 1. The molecule has 0 radical (unpaired) electrons. The van der Waals surface area contributed by atoms with Crippen molar-refractivity contribution in [1.29, 1.82) is 0 Å². The summed E-state index contributed by atoms with van der Waals surface area (Å²) in [6.45, 7) is 0.845. The molecule has 0 amide bonds. The third-order valence-electron chi connectivity index (χ3n) is 3.64. The zero-order chi connectivity index (χ0) is 19.7. The molecule has 0 atom stereocenters. The lowest BCUT2D eigenvalue weighted by Crippen LogP contribution is -2.37. The Balaban J connectivity index is 2.64. The quantitative estimate of drug-likeness (QED) is 0.564. The van der Waals surface area contributed by atoms with Crippen LogP contribution in [-0.2, 0) is 20.9 Å². The molecule has 26 heavy (non-hydrogen) atoms. The summed E-state index contributed by atoms with van der Waals surface area (Å²) in [7, 11) is -1.52. The van der Waals surface area contributed by atoms with E-state index < -0.39 is 33.4 Å². The van der Waals surface area contributed by atoms with E-state index in [0.717, 1.165) is 16.4 Å². The van der Waals surface area contributed by atoms with Gasteiger partial charge in [-0.3, -0.25) is 4.98 Å². The number of anilines is 1. The number of aryl methyl sites for hydroxylation is 1. The van der Waals surface area contributed by atoms with E-state index in [2.05, 4.69) is 4.98 Å². The maximum Gasteiger partial charge on any atom is 0.416 e. The Labute approximate surface area is 155 Å². The predicted molar refractivity (Wildman–Crippen MR) is 95.1 cm³/mol. The fourth-order valence-electron chi connectivity index (χ4n) is 2.33. The second kappa shape index (κ2) is 7.46. The Morgan fingerprint density at radius 1 is 1.31 bits per heavy atom. The van der Waals surface area contributed by atoms with E-state index in [1.54, 1.807) is 7.85 Å². The van der Waals surface area contributed by atoms with Crippen LogP contribution in [0.4, 0.5) is 18.9 Å². The highest BCUT2D eigenvalue weighted by Gasteiger charge is 2.35. The summed E-state index contributed by atoms with van der Waals surface area (Å²) in [5.74, 6) is 0. The van der Waals surface area contributed by atoms with Gasteiger partial charge in [0.15, 0.2) is 7.85 Å². The average molecular weight is 407 g/mol. The van der Waals surface area contributed by atoms with Crippen molar-refractivity contribution < 1.29 is 26.3 Å². The highest BCUT2D eigenvalue weighted by Crippen LogP contribution is 2.34. The molecular formula is C15H15BClF3N2O3S. The molecule has 2 aromatic rings. The first kappa shape index (κ1) is 20.5. The maximum absolute atomic E-state index is 13.1. The third-order valence-corrected chi connectivity index (χ3v) is 5.58. The number of pyridine rings is 1. The molecule has 11 heteroatoms. The van der Waals surface area contributed by atoms with E-state index in [9.17, 15) is 21.6 Å². The Morgan fingerprint density at radius 2 is 1.96 bits per heavy atom. The zero-order valence-electron chi connectivity index (χ0n) is 14.1. The first-order chi connectivity index (χ1) is 12.0. The third kappa shape index (κ3) is 4.13. The van der Waals surface area contributed by atoms with E-state index in [-0.39, 0.29) is 16.3 Å². The number of benzene rings is 1. The molecule has 0 bridgehead atoms. The minimum Gasteiger partial charge on any atom is -0.363 e. The van der Waals surface area contributed by atoms with Crippen LogP contribution in [0.2, 0.25) is 5.02 Å². The van der Waals surface area contributed by atoms with Crippen LogP contribution in [-0.4, -0.2) is 35.1 Å². The summed E-state index contributed by atoms with van der Waals surface area (Å²) >= 11 is 5.89. The van der Waals surface area contributed by atoms with Gasteiger partial charge in [-0.15, -0.1) is 0 Å². The van der Waals surface area contributed by atoms with Crippen LogP contribution in [0, 0.1) is 6.92 Å². The number of aromatic nitrogens is 1. The van der Waals surface area contributed by atoms with Gasteiger partial charge in [-0.2, -0.15) is 13.2 Å². The van der Waals surface area contributed by atoms with E-state index >= 15 is 0 Å². The minimum absolute atomic E-state index is 0.0738. The second-order valence-corrected chi connectivity index (χ2v) is 7.80. The predicted octanol–water partition coefficient (Wildman–Crippen LogP) is 2.12. The highest BCUT2D eigenvalue weighted by molar-refractivity contribution is 7.92. The Bertz CT molecular complexity index is 923. The lowest BCUT2D eigenvalue weighted by molar-refractivity contribution is -0.138. The number of rotatable bonds is 5. The SMILES string of the molecule is Bc1ncc(Cl)cc1N(COC)S(=O)(=O)c1ccc(C)c(C(F)(F)F)c1. The Kier molecular flexibility index (Phi) is 5.89. The van der Waals surface area contributed by atoms with Gasteiger partial charge in [0.2, 0.25) is 0 Å². The van der Waals surface area contributed by atoms with E-state index in [1.165, 1.54) is 26.3 Å². The number of ether oxygens (including phenoxy) is 1. The van der Waals surface area contributed by atoms with Crippen molar-refractivity contribution in [2.45, 2.75) is 18.0 Å². The topological polar surface area (TPSA) is 59.5 Å². The molecule has 1 aromatic heterocycles. The Hall–Kier alpha value is -1.78. The molecule has 1 heterocycles.